The first-order valence-electron chi connectivity index (χ1n) is 7.25. The number of aliphatic carboxylic acids is 1. The predicted molar refractivity (Wildman–Crippen MR) is 83.6 cm³/mol. The zero-order chi connectivity index (χ0) is 17.9. The smallest absolute Gasteiger partial charge is 0.329 e. The fourth-order valence-electron chi connectivity index (χ4n) is 1.86. The summed E-state index contributed by atoms with van der Waals surface area (Å²) in [7, 11) is 1.45. The van der Waals surface area contributed by atoms with Crippen molar-refractivity contribution in [3.8, 4) is 5.75 Å². The third-order valence-corrected chi connectivity index (χ3v) is 3.69. The van der Waals surface area contributed by atoms with Crippen LogP contribution >= 0.6 is 0 Å². The molecule has 0 radical (unpaired) electrons. The Labute approximate surface area is 139 Å². The monoisotopic (exact) mass is 333 g/mol. The number of aryl methyl sites for hydroxylation is 1. The van der Waals surface area contributed by atoms with E-state index in [4.69, 9.17) is 9.26 Å². The lowest BCUT2D eigenvalue weighted by Gasteiger charge is -2.31. The average molecular weight is 333 g/mol. The molecule has 0 aliphatic heterocycles. The number of hydrogen-bond donors (Lipinski definition) is 1. The van der Waals surface area contributed by atoms with Gasteiger partial charge in [-0.2, -0.15) is 4.98 Å². The Balaban J connectivity index is 2.11. The standard InChI is InChI=1S/C16H19N3O5/c1-10-17-13(18-24-10)9-23-12-7-5-6-11(8-12)14(20)19(4)16(2,3)15(21)22/h5-8H,9H2,1-4H3,(H,21,22). The van der Waals surface area contributed by atoms with Crippen LogP contribution in [0.2, 0.25) is 0 Å². The van der Waals surface area contributed by atoms with Crippen LogP contribution in [-0.4, -0.2) is 44.6 Å². The third kappa shape index (κ3) is 3.70. The molecule has 0 bridgehead atoms. The lowest BCUT2D eigenvalue weighted by molar-refractivity contribution is -0.147. The summed E-state index contributed by atoms with van der Waals surface area (Å²) in [6.45, 7) is 4.71. The van der Waals surface area contributed by atoms with Gasteiger partial charge in [0.2, 0.25) is 11.7 Å². The van der Waals surface area contributed by atoms with E-state index in [0.29, 0.717) is 23.0 Å². The number of carbonyl (C=O) groups excluding carboxylic acids is 1. The summed E-state index contributed by atoms with van der Waals surface area (Å²) < 4.78 is 10.4. The van der Waals surface area contributed by atoms with Crippen molar-refractivity contribution in [2.24, 2.45) is 0 Å². The average Bonchev–Trinajstić information content (AvgIpc) is 2.97. The molecule has 2 rings (SSSR count). The summed E-state index contributed by atoms with van der Waals surface area (Å²) >= 11 is 0. The summed E-state index contributed by atoms with van der Waals surface area (Å²) in [5.41, 5.74) is -0.996. The molecule has 0 unspecified atom stereocenters. The molecule has 1 heterocycles. The van der Waals surface area contributed by atoms with E-state index in [0.717, 1.165) is 0 Å². The minimum atomic E-state index is -1.32. The number of rotatable bonds is 6. The summed E-state index contributed by atoms with van der Waals surface area (Å²) in [6, 6.07) is 6.49. The highest BCUT2D eigenvalue weighted by atomic mass is 16.5. The maximum absolute atomic E-state index is 12.5. The maximum atomic E-state index is 12.5. The van der Waals surface area contributed by atoms with E-state index in [1.807, 2.05) is 0 Å². The SMILES string of the molecule is Cc1nc(COc2cccc(C(=O)N(C)C(C)(C)C(=O)O)c2)no1. The Morgan fingerprint density at radius 1 is 1.38 bits per heavy atom. The molecule has 0 spiro atoms. The van der Waals surface area contributed by atoms with Gasteiger partial charge in [-0.25, -0.2) is 4.79 Å². The van der Waals surface area contributed by atoms with Gasteiger partial charge in [0.15, 0.2) is 6.61 Å². The number of nitrogens with zero attached hydrogens (tertiary/aromatic N) is 3. The Bertz CT molecular complexity index is 754. The minimum absolute atomic E-state index is 0.103. The predicted octanol–water partition coefficient (Wildman–Crippen LogP) is 1.89. The fraction of sp³-hybridized carbons (Fsp3) is 0.375. The second-order valence-electron chi connectivity index (χ2n) is 5.77. The highest BCUT2D eigenvalue weighted by molar-refractivity contribution is 5.97. The number of amides is 1. The van der Waals surface area contributed by atoms with Crippen LogP contribution in [0.15, 0.2) is 28.8 Å². The molecule has 1 N–H and O–H groups in total. The van der Waals surface area contributed by atoms with E-state index in [9.17, 15) is 14.7 Å². The van der Waals surface area contributed by atoms with Gasteiger partial charge in [-0.1, -0.05) is 11.2 Å². The Hall–Kier alpha value is -2.90. The molecule has 0 atom stereocenters. The van der Waals surface area contributed by atoms with Gasteiger partial charge in [-0.3, -0.25) is 4.79 Å². The van der Waals surface area contributed by atoms with Crippen molar-refractivity contribution in [1.82, 2.24) is 15.0 Å². The van der Waals surface area contributed by atoms with Crippen LogP contribution in [0.3, 0.4) is 0 Å². The van der Waals surface area contributed by atoms with E-state index in [1.54, 1.807) is 31.2 Å². The van der Waals surface area contributed by atoms with Crippen LogP contribution in [-0.2, 0) is 11.4 Å². The van der Waals surface area contributed by atoms with Crippen LogP contribution in [0.4, 0.5) is 0 Å². The largest absolute Gasteiger partial charge is 0.485 e. The van der Waals surface area contributed by atoms with E-state index < -0.39 is 17.4 Å². The van der Waals surface area contributed by atoms with Crippen molar-refractivity contribution in [3.05, 3.63) is 41.5 Å². The number of carboxylic acid groups (broad SMARTS) is 1. The van der Waals surface area contributed by atoms with E-state index in [2.05, 4.69) is 10.1 Å². The first kappa shape index (κ1) is 17.5. The van der Waals surface area contributed by atoms with Crippen LogP contribution in [0.25, 0.3) is 0 Å². The molecule has 8 heteroatoms. The number of ether oxygens (including phenoxy) is 1. The maximum Gasteiger partial charge on any atom is 0.329 e. The molecule has 24 heavy (non-hydrogen) atoms. The van der Waals surface area contributed by atoms with Crippen molar-refractivity contribution >= 4 is 11.9 Å². The Kier molecular flexibility index (Phi) is 4.87. The number of aromatic nitrogens is 2. The molecule has 1 aromatic carbocycles. The molecule has 0 saturated heterocycles. The first-order valence-corrected chi connectivity index (χ1v) is 7.25. The van der Waals surface area contributed by atoms with Crippen LogP contribution in [0.1, 0.15) is 35.9 Å². The highest BCUT2D eigenvalue weighted by Gasteiger charge is 2.35. The van der Waals surface area contributed by atoms with Crippen molar-refractivity contribution < 1.29 is 24.0 Å². The second-order valence-corrected chi connectivity index (χ2v) is 5.77. The number of likely N-dealkylation sites (N-methyl/N-ethyl adjacent to an activating group) is 1. The first-order chi connectivity index (χ1) is 11.2. The van der Waals surface area contributed by atoms with Crippen molar-refractivity contribution in [2.45, 2.75) is 32.9 Å². The summed E-state index contributed by atoms with van der Waals surface area (Å²) in [4.78, 5) is 29.0. The third-order valence-electron chi connectivity index (χ3n) is 3.69. The minimum Gasteiger partial charge on any atom is -0.485 e. The van der Waals surface area contributed by atoms with Gasteiger partial charge in [0.25, 0.3) is 5.91 Å². The molecular weight excluding hydrogens is 314 g/mol. The van der Waals surface area contributed by atoms with Gasteiger partial charge in [-0.05, 0) is 32.0 Å². The van der Waals surface area contributed by atoms with Crippen molar-refractivity contribution in [1.29, 1.82) is 0 Å². The summed E-state index contributed by atoms with van der Waals surface area (Å²) in [6.07, 6.45) is 0. The summed E-state index contributed by atoms with van der Waals surface area (Å²) in [5.74, 6) is -0.213. The Morgan fingerprint density at radius 2 is 2.08 bits per heavy atom. The van der Waals surface area contributed by atoms with Gasteiger partial charge in [0, 0.05) is 19.5 Å². The number of hydrogen-bond acceptors (Lipinski definition) is 6. The zero-order valence-corrected chi connectivity index (χ0v) is 13.9. The molecule has 128 valence electrons. The summed E-state index contributed by atoms with van der Waals surface area (Å²) in [5, 5.41) is 12.9. The topological polar surface area (TPSA) is 106 Å². The van der Waals surface area contributed by atoms with Crippen LogP contribution < -0.4 is 4.74 Å². The highest BCUT2D eigenvalue weighted by Crippen LogP contribution is 2.20. The molecule has 0 aliphatic rings. The molecule has 1 aromatic heterocycles. The van der Waals surface area contributed by atoms with Crippen molar-refractivity contribution in [3.63, 3.8) is 0 Å². The zero-order valence-electron chi connectivity index (χ0n) is 13.9. The van der Waals surface area contributed by atoms with Gasteiger partial charge < -0.3 is 19.3 Å². The number of benzene rings is 1. The lowest BCUT2D eigenvalue weighted by Crippen LogP contribution is -2.50. The van der Waals surface area contributed by atoms with Gasteiger partial charge >= 0.3 is 5.97 Å². The van der Waals surface area contributed by atoms with Crippen molar-refractivity contribution in [2.75, 3.05) is 7.05 Å². The second kappa shape index (κ2) is 6.69. The van der Waals surface area contributed by atoms with Gasteiger partial charge in [-0.15, -0.1) is 0 Å². The molecule has 0 saturated carbocycles. The molecule has 0 aliphatic carbocycles. The quantitative estimate of drug-likeness (QED) is 0.860. The number of carbonyl (C=O) groups is 2. The van der Waals surface area contributed by atoms with E-state index >= 15 is 0 Å². The number of carboxylic acids is 1. The van der Waals surface area contributed by atoms with E-state index in [1.165, 1.54) is 25.8 Å². The molecule has 0 fully saturated rings. The molecule has 2 aromatic rings. The fourth-order valence-corrected chi connectivity index (χ4v) is 1.86. The molecular formula is C16H19N3O5. The van der Waals surface area contributed by atoms with Crippen LogP contribution in [0, 0.1) is 6.92 Å². The van der Waals surface area contributed by atoms with Gasteiger partial charge in [0.05, 0.1) is 0 Å². The lowest BCUT2D eigenvalue weighted by atomic mass is 10.0. The van der Waals surface area contributed by atoms with Gasteiger partial charge in [0.1, 0.15) is 11.3 Å². The molecule has 1 amide bonds. The van der Waals surface area contributed by atoms with Crippen LogP contribution in [0.5, 0.6) is 5.75 Å². The normalized spacial score (nSPS) is 11.2. The molecule has 8 nitrogen and oxygen atoms in total. The Morgan fingerprint density at radius 3 is 2.67 bits per heavy atom. The van der Waals surface area contributed by atoms with E-state index in [-0.39, 0.29) is 6.61 Å².